The number of benzene rings is 1. The number of thioether (sulfide) groups is 1. The number of carbonyl (C=O) groups is 1. The van der Waals surface area contributed by atoms with Crippen molar-refractivity contribution in [3.63, 3.8) is 0 Å². The summed E-state index contributed by atoms with van der Waals surface area (Å²) in [6.07, 6.45) is 8.38. The highest BCUT2D eigenvalue weighted by molar-refractivity contribution is 7.98. The summed E-state index contributed by atoms with van der Waals surface area (Å²) in [5, 5.41) is 12.3. The van der Waals surface area contributed by atoms with E-state index in [9.17, 15) is 13.6 Å². The van der Waals surface area contributed by atoms with Gasteiger partial charge in [-0.2, -0.15) is 13.9 Å². The van der Waals surface area contributed by atoms with Crippen molar-refractivity contribution >= 4 is 23.3 Å². The largest absolute Gasteiger partial charge is 0.434 e. The maximum Gasteiger partial charge on any atom is 0.387 e. The third-order valence-corrected chi connectivity index (χ3v) is 6.58. The summed E-state index contributed by atoms with van der Waals surface area (Å²) in [7, 11) is 0. The molecule has 1 amide bonds. The van der Waals surface area contributed by atoms with Crippen LogP contribution in [0.4, 0.5) is 8.78 Å². The fourth-order valence-corrected chi connectivity index (χ4v) is 4.45. The minimum atomic E-state index is -2.98. The van der Waals surface area contributed by atoms with Gasteiger partial charge >= 0.3 is 6.61 Å². The molecule has 1 fully saturated rings. The summed E-state index contributed by atoms with van der Waals surface area (Å²) in [5.74, 6) is -0.379. The normalized spacial score (nSPS) is 17.9. The van der Waals surface area contributed by atoms with Crippen LogP contribution in [0.25, 0.3) is 5.65 Å². The van der Waals surface area contributed by atoms with Crippen molar-refractivity contribution in [2.75, 3.05) is 32.6 Å². The number of carbonyl (C=O) groups excluding carboxylic acids is 1. The van der Waals surface area contributed by atoms with Crippen LogP contribution in [-0.2, 0) is 4.74 Å². The number of halogens is 2. The number of fused-ring (bicyclic) bond motifs is 1. The van der Waals surface area contributed by atoms with E-state index >= 15 is 0 Å². The number of rotatable bonds is 10. The Bertz CT molecular complexity index is 1270. The number of hydrogen-bond acceptors (Lipinski definition) is 9. The minimum absolute atomic E-state index is 0.0321. The predicted molar refractivity (Wildman–Crippen MR) is 129 cm³/mol. The molecule has 1 unspecified atom stereocenters. The Labute approximate surface area is 210 Å². The SMILES string of the molecule is CSc1ccc(OC(F)F)c(C2NN(CCNC3COC3)C=C2NC(=O)c2cnn3cccnc23)c1. The van der Waals surface area contributed by atoms with E-state index in [1.54, 1.807) is 36.8 Å². The van der Waals surface area contributed by atoms with Crippen molar-refractivity contribution in [2.45, 2.75) is 23.6 Å². The zero-order valence-corrected chi connectivity index (χ0v) is 20.2. The maximum absolute atomic E-state index is 13.2. The third-order valence-electron chi connectivity index (χ3n) is 5.85. The molecule has 0 radical (unpaired) electrons. The van der Waals surface area contributed by atoms with Gasteiger partial charge in [-0.3, -0.25) is 4.79 Å². The number of nitrogens with one attached hydrogen (secondary N) is 3. The van der Waals surface area contributed by atoms with Crippen LogP contribution in [-0.4, -0.2) is 70.7 Å². The van der Waals surface area contributed by atoms with Gasteiger partial charge in [-0.1, -0.05) is 0 Å². The maximum atomic E-state index is 13.2. The first kappa shape index (κ1) is 24.4. The topological polar surface area (TPSA) is 105 Å². The predicted octanol–water partition coefficient (Wildman–Crippen LogP) is 2.17. The lowest BCUT2D eigenvalue weighted by Gasteiger charge is -2.28. The lowest BCUT2D eigenvalue weighted by molar-refractivity contribution is -0.0507. The number of ether oxygens (including phenoxy) is 2. The third kappa shape index (κ3) is 5.28. The van der Waals surface area contributed by atoms with Crippen molar-refractivity contribution < 1.29 is 23.0 Å². The molecule has 0 saturated carbocycles. The van der Waals surface area contributed by atoms with Crippen molar-refractivity contribution in [3.05, 3.63) is 65.9 Å². The van der Waals surface area contributed by atoms with Crippen LogP contribution in [0.15, 0.2) is 59.6 Å². The van der Waals surface area contributed by atoms with Crippen LogP contribution in [0, 0.1) is 0 Å². The van der Waals surface area contributed by atoms with E-state index in [4.69, 9.17) is 9.47 Å². The van der Waals surface area contributed by atoms with Crippen LogP contribution in [0.1, 0.15) is 22.0 Å². The summed E-state index contributed by atoms with van der Waals surface area (Å²) in [5.41, 5.74) is 4.97. The highest BCUT2D eigenvalue weighted by Crippen LogP contribution is 2.36. The van der Waals surface area contributed by atoms with E-state index < -0.39 is 18.6 Å². The van der Waals surface area contributed by atoms with Crippen LogP contribution >= 0.6 is 11.8 Å². The fraction of sp³-hybridized carbons (Fsp3) is 0.348. The molecule has 3 N–H and O–H groups in total. The van der Waals surface area contributed by atoms with E-state index in [0.29, 0.717) is 54.8 Å². The molecule has 0 spiro atoms. The van der Waals surface area contributed by atoms with Gasteiger partial charge in [0.15, 0.2) is 5.65 Å². The molecule has 4 heterocycles. The highest BCUT2D eigenvalue weighted by atomic mass is 32.2. The molecule has 1 atom stereocenters. The first-order chi connectivity index (χ1) is 17.5. The molecule has 190 valence electrons. The van der Waals surface area contributed by atoms with Gasteiger partial charge in [0.1, 0.15) is 11.3 Å². The van der Waals surface area contributed by atoms with Gasteiger partial charge in [-0.25, -0.2) is 14.9 Å². The van der Waals surface area contributed by atoms with Crippen molar-refractivity contribution in [3.8, 4) is 5.75 Å². The summed E-state index contributed by atoms with van der Waals surface area (Å²) in [6.45, 7) is -0.401. The molecular formula is C23H25F2N7O3S. The van der Waals surface area contributed by atoms with Crippen LogP contribution < -0.4 is 20.8 Å². The molecule has 2 aromatic heterocycles. The van der Waals surface area contributed by atoms with Crippen molar-refractivity contribution in [1.29, 1.82) is 0 Å². The average molecular weight is 518 g/mol. The smallest absolute Gasteiger partial charge is 0.387 e. The van der Waals surface area contributed by atoms with Gasteiger partial charge in [0.25, 0.3) is 5.91 Å². The molecule has 0 aliphatic carbocycles. The molecule has 1 saturated heterocycles. The number of hydrogen-bond donors (Lipinski definition) is 3. The van der Waals surface area contributed by atoms with E-state index in [2.05, 4.69) is 26.1 Å². The Balaban J connectivity index is 1.42. The van der Waals surface area contributed by atoms with Gasteiger partial charge in [0.2, 0.25) is 0 Å². The molecule has 13 heteroatoms. The molecule has 36 heavy (non-hydrogen) atoms. The lowest BCUT2D eigenvalue weighted by Crippen LogP contribution is -2.48. The number of alkyl halides is 2. The van der Waals surface area contributed by atoms with E-state index in [0.717, 1.165) is 4.90 Å². The fourth-order valence-electron chi connectivity index (χ4n) is 4.00. The number of hydrazine groups is 1. The zero-order valence-electron chi connectivity index (χ0n) is 19.4. The van der Waals surface area contributed by atoms with Crippen LogP contribution in [0.3, 0.4) is 0 Å². The number of nitrogens with zero attached hydrogens (tertiary/aromatic N) is 4. The summed E-state index contributed by atoms with van der Waals surface area (Å²) in [4.78, 5) is 18.3. The molecule has 2 aliphatic rings. The standard InChI is InChI=1S/C23H25F2N7O3S/c1-36-15-3-4-19(35-23(24)25)16(9-15)20-18(11-31(30-20)8-6-26-14-12-34-13-14)29-22(33)17-10-28-32-7-2-5-27-21(17)32/h2-5,7,9-11,14,20,23,26,30H,6,8,12-13H2,1H3,(H,29,33). The molecule has 1 aromatic carbocycles. The summed E-state index contributed by atoms with van der Waals surface area (Å²) in [6, 6.07) is 6.42. The van der Waals surface area contributed by atoms with E-state index in [1.807, 2.05) is 11.3 Å². The van der Waals surface area contributed by atoms with Gasteiger partial charge in [0.05, 0.1) is 37.2 Å². The molecule has 5 rings (SSSR count). The Morgan fingerprint density at radius 3 is 3.00 bits per heavy atom. The molecule has 3 aromatic rings. The van der Waals surface area contributed by atoms with Gasteiger partial charge in [-0.05, 0) is 30.5 Å². The summed E-state index contributed by atoms with van der Waals surface area (Å²) < 4.78 is 37.9. The first-order valence-corrected chi connectivity index (χ1v) is 12.5. The number of aromatic nitrogens is 3. The molecule has 2 aliphatic heterocycles. The molecule has 0 bridgehead atoms. The molecule has 10 nitrogen and oxygen atoms in total. The minimum Gasteiger partial charge on any atom is -0.434 e. The number of amides is 1. The zero-order chi connectivity index (χ0) is 25.1. The second-order valence-electron chi connectivity index (χ2n) is 8.21. The first-order valence-electron chi connectivity index (χ1n) is 11.3. The Hall–Kier alpha value is -3.26. The Kier molecular flexibility index (Phi) is 7.32. The Morgan fingerprint density at radius 2 is 2.25 bits per heavy atom. The van der Waals surface area contributed by atoms with Gasteiger partial charge < -0.3 is 25.1 Å². The Morgan fingerprint density at radius 1 is 1.39 bits per heavy atom. The summed E-state index contributed by atoms with van der Waals surface area (Å²) >= 11 is 1.48. The average Bonchev–Trinajstić information content (AvgIpc) is 3.45. The van der Waals surface area contributed by atoms with Gasteiger partial charge in [0, 0.05) is 42.1 Å². The van der Waals surface area contributed by atoms with E-state index in [-0.39, 0.29) is 5.75 Å². The second kappa shape index (κ2) is 10.8. The van der Waals surface area contributed by atoms with Gasteiger partial charge in [-0.15, -0.1) is 11.8 Å². The van der Waals surface area contributed by atoms with Crippen LogP contribution in [0.5, 0.6) is 5.75 Å². The second-order valence-corrected chi connectivity index (χ2v) is 9.09. The monoisotopic (exact) mass is 517 g/mol. The van der Waals surface area contributed by atoms with E-state index in [1.165, 1.54) is 28.5 Å². The van der Waals surface area contributed by atoms with Crippen molar-refractivity contribution in [1.82, 2.24) is 35.7 Å². The van der Waals surface area contributed by atoms with Crippen molar-refractivity contribution in [2.24, 2.45) is 0 Å². The molecular weight excluding hydrogens is 492 g/mol. The lowest BCUT2D eigenvalue weighted by atomic mass is 10.0. The highest BCUT2D eigenvalue weighted by Gasteiger charge is 2.31. The van der Waals surface area contributed by atoms with Crippen LogP contribution in [0.2, 0.25) is 0 Å². The quantitative estimate of drug-likeness (QED) is 0.349.